The highest BCUT2D eigenvalue weighted by Crippen LogP contribution is 2.21. The molecule has 0 N–H and O–H groups in total. The van der Waals surface area contributed by atoms with E-state index in [0.29, 0.717) is 31.8 Å². The van der Waals surface area contributed by atoms with Gasteiger partial charge in [-0.25, -0.2) is 4.79 Å². The number of anilines is 1. The molecular formula is C24H22N2O3. The molecule has 146 valence electrons. The van der Waals surface area contributed by atoms with Gasteiger partial charge in [0.05, 0.1) is 6.54 Å². The highest BCUT2D eigenvalue weighted by molar-refractivity contribution is 5.95. The normalized spacial score (nSPS) is 13.2. The summed E-state index contributed by atoms with van der Waals surface area (Å²) in [7, 11) is 0. The molecule has 1 aliphatic heterocycles. The van der Waals surface area contributed by atoms with Crippen LogP contribution in [0, 0.1) is 0 Å². The molecule has 0 atom stereocenters. The van der Waals surface area contributed by atoms with Gasteiger partial charge in [0.1, 0.15) is 6.61 Å². The molecule has 0 saturated carbocycles. The fourth-order valence-electron chi connectivity index (χ4n) is 3.40. The van der Waals surface area contributed by atoms with Crippen LogP contribution in [0.3, 0.4) is 0 Å². The van der Waals surface area contributed by atoms with Gasteiger partial charge in [-0.05, 0) is 35.4 Å². The molecule has 1 heterocycles. The number of hydrogen-bond acceptors (Lipinski definition) is 3. The van der Waals surface area contributed by atoms with Crippen LogP contribution >= 0.6 is 0 Å². The van der Waals surface area contributed by atoms with E-state index in [1.54, 1.807) is 29.2 Å². The van der Waals surface area contributed by atoms with Crippen molar-refractivity contribution in [3.05, 3.63) is 102 Å². The minimum Gasteiger partial charge on any atom is -0.447 e. The van der Waals surface area contributed by atoms with Gasteiger partial charge in [0.15, 0.2) is 0 Å². The van der Waals surface area contributed by atoms with Crippen molar-refractivity contribution in [2.45, 2.75) is 13.1 Å². The Morgan fingerprint density at radius 3 is 1.86 bits per heavy atom. The molecular weight excluding hydrogens is 364 g/mol. The summed E-state index contributed by atoms with van der Waals surface area (Å²) in [5.74, 6) is -0.0479. The first-order valence-electron chi connectivity index (χ1n) is 9.62. The van der Waals surface area contributed by atoms with Gasteiger partial charge in [0, 0.05) is 24.3 Å². The van der Waals surface area contributed by atoms with Crippen molar-refractivity contribution in [3.63, 3.8) is 0 Å². The molecule has 5 heteroatoms. The van der Waals surface area contributed by atoms with Crippen LogP contribution in [0.25, 0.3) is 0 Å². The summed E-state index contributed by atoms with van der Waals surface area (Å²) in [6.07, 6.45) is -0.348. The maximum Gasteiger partial charge on any atom is 0.414 e. The Morgan fingerprint density at radius 2 is 1.38 bits per heavy atom. The number of amides is 2. The van der Waals surface area contributed by atoms with Crippen LogP contribution in [0.2, 0.25) is 0 Å². The molecule has 0 unspecified atom stereocenters. The Bertz CT molecular complexity index is 931. The minimum absolute atomic E-state index is 0.0479. The van der Waals surface area contributed by atoms with Crippen molar-refractivity contribution >= 4 is 17.7 Å². The standard InChI is InChI=1S/C24H22N2O3/c27-23(21-11-13-22(14-12-21)26-15-16-29-24(26)28)25(17-19-7-3-1-4-8-19)18-20-9-5-2-6-10-20/h1-14H,15-18H2. The van der Waals surface area contributed by atoms with Crippen LogP contribution in [0.5, 0.6) is 0 Å². The Morgan fingerprint density at radius 1 is 0.828 bits per heavy atom. The molecule has 1 saturated heterocycles. The van der Waals surface area contributed by atoms with E-state index in [1.165, 1.54) is 0 Å². The Balaban J connectivity index is 1.56. The van der Waals surface area contributed by atoms with Crippen molar-refractivity contribution in [1.29, 1.82) is 0 Å². The summed E-state index contributed by atoms with van der Waals surface area (Å²) in [6, 6.07) is 27.1. The van der Waals surface area contributed by atoms with Crippen LogP contribution < -0.4 is 4.90 Å². The van der Waals surface area contributed by atoms with Crippen LogP contribution in [0.15, 0.2) is 84.9 Å². The fourth-order valence-corrected chi connectivity index (χ4v) is 3.40. The molecule has 29 heavy (non-hydrogen) atoms. The first-order chi connectivity index (χ1) is 14.2. The zero-order valence-corrected chi connectivity index (χ0v) is 16.0. The van der Waals surface area contributed by atoms with Gasteiger partial charge in [-0.1, -0.05) is 60.7 Å². The molecule has 5 nitrogen and oxygen atoms in total. The number of hydrogen-bond donors (Lipinski definition) is 0. The van der Waals surface area contributed by atoms with E-state index in [4.69, 9.17) is 4.74 Å². The summed E-state index contributed by atoms with van der Waals surface area (Å²) in [4.78, 5) is 28.4. The lowest BCUT2D eigenvalue weighted by atomic mass is 10.1. The number of cyclic esters (lactones) is 1. The summed E-state index contributed by atoms with van der Waals surface area (Å²) >= 11 is 0. The SMILES string of the molecule is O=C(c1ccc(N2CCOC2=O)cc1)N(Cc1ccccc1)Cc1ccccc1. The van der Waals surface area contributed by atoms with E-state index in [2.05, 4.69) is 0 Å². The van der Waals surface area contributed by atoms with Gasteiger partial charge in [-0.15, -0.1) is 0 Å². The van der Waals surface area contributed by atoms with Crippen molar-refractivity contribution in [3.8, 4) is 0 Å². The topological polar surface area (TPSA) is 49.9 Å². The van der Waals surface area contributed by atoms with Gasteiger partial charge in [-0.3, -0.25) is 9.69 Å². The van der Waals surface area contributed by atoms with Crippen LogP contribution in [0.4, 0.5) is 10.5 Å². The summed E-state index contributed by atoms with van der Waals surface area (Å²) in [6.45, 7) is 1.96. The number of carbonyl (C=O) groups excluding carboxylic acids is 2. The number of rotatable bonds is 6. The molecule has 3 aromatic carbocycles. The number of benzene rings is 3. The number of carbonyl (C=O) groups is 2. The van der Waals surface area contributed by atoms with Gasteiger partial charge in [0.2, 0.25) is 0 Å². The smallest absolute Gasteiger partial charge is 0.414 e. The highest BCUT2D eigenvalue weighted by atomic mass is 16.6. The van der Waals surface area contributed by atoms with Crippen LogP contribution in [-0.4, -0.2) is 30.1 Å². The lowest BCUT2D eigenvalue weighted by molar-refractivity contribution is 0.0730. The minimum atomic E-state index is -0.348. The quantitative estimate of drug-likeness (QED) is 0.627. The largest absolute Gasteiger partial charge is 0.447 e. The molecule has 4 rings (SSSR count). The fraction of sp³-hybridized carbons (Fsp3) is 0.167. The first kappa shape index (κ1) is 18.7. The molecule has 2 amide bonds. The zero-order chi connectivity index (χ0) is 20.1. The Hall–Kier alpha value is -3.60. The van der Waals surface area contributed by atoms with Crippen molar-refractivity contribution in [2.24, 2.45) is 0 Å². The van der Waals surface area contributed by atoms with Crippen molar-refractivity contribution < 1.29 is 14.3 Å². The number of ether oxygens (including phenoxy) is 1. The van der Waals surface area contributed by atoms with E-state index in [0.717, 1.165) is 16.8 Å². The second-order valence-electron chi connectivity index (χ2n) is 6.95. The molecule has 1 fully saturated rings. The van der Waals surface area contributed by atoms with Crippen molar-refractivity contribution in [2.75, 3.05) is 18.1 Å². The summed E-state index contributed by atoms with van der Waals surface area (Å²) < 4.78 is 4.98. The second kappa shape index (κ2) is 8.61. The monoisotopic (exact) mass is 386 g/mol. The maximum absolute atomic E-state index is 13.3. The molecule has 0 aromatic heterocycles. The van der Waals surface area contributed by atoms with Crippen molar-refractivity contribution in [1.82, 2.24) is 4.90 Å². The third kappa shape index (κ3) is 4.46. The van der Waals surface area contributed by atoms with Crippen LogP contribution in [-0.2, 0) is 17.8 Å². The molecule has 0 bridgehead atoms. The van der Waals surface area contributed by atoms with Gasteiger partial charge >= 0.3 is 6.09 Å². The Labute approximate surface area is 170 Å². The van der Waals surface area contributed by atoms with E-state index in [1.807, 2.05) is 65.6 Å². The van der Waals surface area contributed by atoms with E-state index < -0.39 is 0 Å². The van der Waals surface area contributed by atoms with Crippen LogP contribution in [0.1, 0.15) is 21.5 Å². The van der Waals surface area contributed by atoms with E-state index in [-0.39, 0.29) is 12.0 Å². The Kier molecular flexibility index (Phi) is 5.56. The molecule has 0 spiro atoms. The third-order valence-electron chi connectivity index (χ3n) is 4.91. The predicted molar refractivity (Wildman–Crippen MR) is 112 cm³/mol. The average Bonchev–Trinajstić information content (AvgIpc) is 3.20. The lowest BCUT2D eigenvalue weighted by Gasteiger charge is -2.23. The molecule has 0 radical (unpaired) electrons. The maximum atomic E-state index is 13.3. The van der Waals surface area contributed by atoms with Gasteiger partial charge < -0.3 is 9.64 Å². The first-order valence-corrected chi connectivity index (χ1v) is 9.62. The lowest BCUT2D eigenvalue weighted by Crippen LogP contribution is -2.30. The van der Waals surface area contributed by atoms with E-state index in [9.17, 15) is 9.59 Å². The summed E-state index contributed by atoms with van der Waals surface area (Å²) in [5, 5.41) is 0. The average molecular weight is 386 g/mol. The highest BCUT2D eigenvalue weighted by Gasteiger charge is 2.24. The molecule has 1 aliphatic rings. The third-order valence-corrected chi connectivity index (χ3v) is 4.91. The zero-order valence-electron chi connectivity index (χ0n) is 16.0. The molecule has 0 aliphatic carbocycles. The molecule has 3 aromatic rings. The number of nitrogens with zero attached hydrogens (tertiary/aromatic N) is 2. The van der Waals surface area contributed by atoms with Gasteiger partial charge in [0.25, 0.3) is 5.91 Å². The predicted octanol–water partition coefficient (Wildman–Crippen LogP) is 4.49. The summed E-state index contributed by atoms with van der Waals surface area (Å²) in [5.41, 5.74) is 3.48. The van der Waals surface area contributed by atoms with E-state index >= 15 is 0 Å². The van der Waals surface area contributed by atoms with Gasteiger partial charge in [-0.2, -0.15) is 0 Å². The second-order valence-corrected chi connectivity index (χ2v) is 6.95.